The first-order chi connectivity index (χ1) is 6.38. The molecule has 1 heterocycles. The fourth-order valence-electron chi connectivity index (χ4n) is 1.87. The Kier molecular flexibility index (Phi) is 3.92. The average molecular weight is 220 g/mol. The smallest absolute Gasteiger partial charge is 0.148 e. The second-order valence-corrected chi connectivity index (χ2v) is 6.56. The van der Waals surface area contributed by atoms with Gasteiger partial charge >= 0.3 is 0 Å². The van der Waals surface area contributed by atoms with Gasteiger partial charge in [0.05, 0.1) is 5.75 Å². The van der Waals surface area contributed by atoms with E-state index in [4.69, 9.17) is 5.73 Å². The van der Waals surface area contributed by atoms with Gasteiger partial charge in [-0.1, -0.05) is 0 Å². The second kappa shape index (κ2) is 4.59. The molecule has 84 valence electrons. The Labute approximate surface area is 86.4 Å². The van der Waals surface area contributed by atoms with Crippen LogP contribution in [-0.2, 0) is 9.84 Å². The van der Waals surface area contributed by atoms with Crippen molar-refractivity contribution in [2.75, 3.05) is 25.1 Å². The van der Waals surface area contributed by atoms with Gasteiger partial charge in [-0.05, 0) is 26.3 Å². The van der Waals surface area contributed by atoms with Crippen LogP contribution in [0.5, 0.6) is 0 Å². The highest BCUT2D eigenvalue weighted by Crippen LogP contribution is 2.15. The lowest BCUT2D eigenvalue weighted by Gasteiger charge is -2.36. The summed E-state index contributed by atoms with van der Waals surface area (Å²) in [4.78, 5) is 2.21. The third kappa shape index (κ3) is 3.94. The molecule has 0 saturated carbocycles. The van der Waals surface area contributed by atoms with Gasteiger partial charge in [0, 0.05) is 24.9 Å². The molecule has 0 aromatic rings. The zero-order valence-corrected chi connectivity index (χ0v) is 9.76. The molecular formula is C9H20N2O2S. The molecule has 0 aromatic heterocycles. The molecule has 2 atom stereocenters. The summed E-state index contributed by atoms with van der Waals surface area (Å²) in [6.45, 7) is 3.69. The molecule has 4 nitrogen and oxygen atoms in total. The van der Waals surface area contributed by atoms with Crippen LogP contribution < -0.4 is 5.73 Å². The zero-order chi connectivity index (χ0) is 10.8. The predicted molar refractivity (Wildman–Crippen MR) is 58.0 cm³/mol. The highest BCUT2D eigenvalue weighted by molar-refractivity contribution is 7.90. The van der Waals surface area contributed by atoms with Crippen LogP contribution in [0.2, 0.25) is 0 Å². The summed E-state index contributed by atoms with van der Waals surface area (Å²) < 4.78 is 22.0. The Morgan fingerprint density at radius 1 is 1.50 bits per heavy atom. The lowest BCUT2D eigenvalue weighted by molar-refractivity contribution is 0.156. The largest absolute Gasteiger partial charge is 0.328 e. The van der Waals surface area contributed by atoms with Crippen molar-refractivity contribution in [3.63, 3.8) is 0 Å². The summed E-state index contributed by atoms with van der Waals surface area (Å²) in [5, 5.41) is 0. The van der Waals surface area contributed by atoms with E-state index in [1.54, 1.807) is 0 Å². The van der Waals surface area contributed by atoms with E-state index >= 15 is 0 Å². The second-order valence-electron chi connectivity index (χ2n) is 4.30. The summed E-state index contributed by atoms with van der Waals surface area (Å²) in [6, 6.07) is 0.708. The van der Waals surface area contributed by atoms with Gasteiger partial charge in [0.2, 0.25) is 0 Å². The van der Waals surface area contributed by atoms with Crippen LogP contribution in [0.15, 0.2) is 0 Å². The molecule has 0 aliphatic carbocycles. The minimum absolute atomic E-state index is 0.257. The molecule has 1 saturated heterocycles. The Morgan fingerprint density at radius 2 is 2.14 bits per heavy atom. The van der Waals surface area contributed by atoms with Crippen molar-refractivity contribution < 1.29 is 8.42 Å². The average Bonchev–Trinajstić information content (AvgIpc) is 2.00. The Balaban J connectivity index is 2.38. The number of nitrogens with two attached hydrogens (primary N) is 1. The standard InChI is InChI=1S/C9H20N2O2S/c1-8-7-9(10)3-4-11(8)5-6-14(2,12)13/h8-9H,3-7,10H2,1-2H3. The van der Waals surface area contributed by atoms with Gasteiger partial charge in [0.1, 0.15) is 9.84 Å². The molecular weight excluding hydrogens is 200 g/mol. The van der Waals surface area contributed by atoms with E-state index in [0.717, 1.165) is 19.4 Å². The predicted octanol–water partition coefficient (Wildman–Crippen LogP) is -0.157. The molecule has 14 heavy (non-hydrogen) atoms. The number of piperidine rings is 1. The molecule has 5 heteroatoms. The highest BCUT2D eigenvalue weighted by atomic mass is 32.2. The summed E-state index contributed by atoms with van der Waals surface area (Å²) >= 11 is 0. The first kappa shape index (κ1) is 11.9. The maximum Gasteiger partial charge on any atom is 0.148 e. The van der Waals surface area contributed by atoms with Crippen molar-refractivity contribution in [2.45, 2.75) is 31.8 Å². The van der Waals surface area contributed by atoms with Gasteiger partial charge in [-0.15, -0.1) is 0 Å². The Hall–Kier alpha value is -0.130. The third-order valence-electron chi connectivity index (χ3n) is 2.80. The molecule has 2 N–H and O–H groups in total. The molecule has 1 rings (SSSR count). The number of likely N-dealkylation sites (tertiary alicyclic amines) is 1. The Bertz CT molecular complexity index is 277. The lowest BCUT2D eigenvalue weighted by Crippen LogP contribution is -2.46. The lowest BCUT2D eigenvalue weighted by atomic mass is 9.99. The van der Waals surface area contributed by atoms with Crippen LogP contribution in [-0.4, -0.2) is 50.5 Å². The molecule has 1 aliphatic heterocycles. The number of hydrogen-bond acceptors (Lipinski definition) is 4. The van der Waals surface area contributed by atoms with Crippen molar-refractivity contribution >= 4 is 9.84 Å². The fourth-order valence-corrected chi connectivity index (χ4v) is 2.44. The fraction of sp³-hybridized carbons (Fsp3) is 1.00. The summed E-state index contributed by atoms with van der Waals surface area (Å²) in [6.07, 6.45) is 3.24. The van der Waals surface area contributed by atoms with E-state index in [1.165, 1.54) is 6.26 Å². The third-order valence-corrected chi connectivity index (χ3v) is 3.73. The first-order valence-electron chi connectivity index (χ1n) is 5.06. The van der Waals surface area contributed by atoms with Crippen LogP contribution in [0, 0.1) is 0 Å². The normalized spacial score (nSPS) is 30.5. The minimum atomic E-state index is -2.83. The molecule has 2 unspecified atom stereocenters. The Morgan fingerprint density at radius 3 is 2.64 bits per heavy atom. The molecule has 1 aliphatic rings. The summed E-state index contributed by atoms with van der Waals surface area (Å²) in [5.41, 5.74) is 5.82. The van der Waals surface area contributed by atoms with E-state index in [9.17, 15) is 8.42 Å². The molecule has 0 bridgehead atoms. The highest BCUT2D eigenvalue weighted by Gasteiger charge is 2.23. The van der Waals surface area contributed by atoms with Crippen LogP contribution in [0.3, 0.4) is 0 Å². The SMILES string of the molecule is CC1CC(N)CCN1CCS(C)(=O)=O. The summed E-state index contributed by atoms with van der Waals surface area (Å²) in [7, 11) is -2.83. The number of nitrogens with zero attached hydrogens (tertiary/aromatic N) is 1. The topological polar surface area (TPSA) is 63.4 Å². The maximum absolute atomic E-state index is 11.0. The van der Waals surface area contributed by atoms with Crippen LogP contribution in [0.1, 0.15) is 19.8 Å². The monoisotopic (exact) mass is 220 g/mol. The number of hydrogen-bond donors (Lipinski definition) is 1. The maximum atomic E-state index is 11.0. The van der Waals surface area contributed by atoms with E-state index < -0.39 is 9.84 Å². The van der Waals surface area contributed by atoms with E-state index in [-0.39, 0.29) is 5.75 Å². The van der Waals surface area contributed by atoms with E-state index in [2.05, 4.69) is 11.8 Å². The van der Waals surface area contributed by atoms with Crippen molar-refractivity contribution in [3.8, 4) is 0 Å². The summed E-state index contributed by atoms with van der Waals surface area (Å²) in [5.74, 6) is 0.257. The zero-order valence-electron chi connectivity index (χ0n) is 8.94. The molecule has 0 radical (unpaired) electrons. The minimum Gasteiger partial charge on any atom is -0.328 e. The van der Waals surface area contributed by atoms with Gasteiger partial charge in [-0.3, -0.25) is 4.90 Å². The molecule has 0 aromatic carbocycles. The van der Waals surface area contributed by atoms with Gasteiger partial charge in [-0.25, -0.2) is 8.42 Å². The van der Waals surface area contributed by atoms with Crippen molar-refractivity contribution in [1.82, 2.24) is 4.90 Å². The number of rotatable bonds is 3. The van der Waals surface area contributed by atoms with Crippen molar-refractivity contribution in [3.05, 3.63) is 0 Å². The number of sulfone groups is 1. The van der Waals surface area contributed by atoms with Gasteiger partial charge in [-0.2, -0.15) is 0 Å². The van der Waals surface area contributed by atoms with Crippen LogP contribution >= 0.6 is 0 Å². The van der Waals surface area contributed by atoms with Crippen LogP contribution in [0.25, 0.3) is 0 Å². The van der Waals surface area contributed by atoms with E-state index in [0.29, 0.717) is 18.6 Å². The van der Waals surface area contributed by atoms with Crippen molar-refractivity contribution in [2.24, 2.45) is 5.73 Å². The molecule has 0 amide bonds. The van der Waals surface area contributed by atoms with E-state index in [1.807, 2.05) is 0 Å². The quantitative estimate of drug-likeness (QED) is 0.718. The van der Waals surface area contributed by atoms with Crippen LogP contribution in [0.4, 0.5) is 0 Å². The van der Waals surface area contributed by atoms with Crippen molar-refractivity contribution in [1.29, 1.82) is 0 Å². The molecule has 0 spiro atoms. The van der Waals surface area contributed by atoms with Gasteiger partial charge in [0.25, 0.3) is 0 Å². The van der Waals surface area contributed by atoms with Gasteiger partial charge < -0.3 is 5.73 Å². The first-order valence-corrected chi connectivity index (χ1v) is 7.12. The van der Waals surface area contributed by atoms with Gasteiger partial charge in [0.15, 0.2) is 0 Å². The molecule has 1 fully saturated rings.